The molecule has 4 heteroatoms. The third kappa shape index (κ3) is 2.94. The predicted molar refractivity (Wildman–Crippen MR) is 85.2 cm³/mol. The van der Waals surface area contributed by atoms with Crippen molar-refractivity contribution in [3.05, 3.63) is 39.8 Å². The van der Waals surface area contributed by atoms with Gasteiger partial charge in [0, 0.05) is 19.3 Å². The van der Waals surface area contributed by atoms with Crippen LogP contribution < -0.4 is 10.9 Å². The number of amides is 1. The van der Waals surface area contributed by atoms with Crippen molar-refractivity contribution in [3.8, 4) is 0 Å². The second-order valence-electron chi connectivity index (χ2n) is 6.88. The summed E-state index contributed by atoms with van der Waals surface area (Å²) in [4.78, 5) is 24.0. The minimum atomic E-state index is -0.0698. The molecule has 0 aromatic carbocycles. The molecule has 1 aliphatic carbocycles. The number of rotatable bonds is 3. The van der Waals surface area contributed by atoms with Gasteiger partial charge in [-0.1, -0.05) is 25.5 Å². The first-order valence-electron chi connectivity index (χ1n) is 7.27. The molecule has 2 unspecified atom stereocenters. The summed E-state index contributed by atoms with van der Waals surface area (Å²) in [6, 6.07) is 1.54. The van der Waals surface area contributed by atoms with Gasteiger partial charge in [-0.15, -0.1) is 0 Å². The van der Waals surface area contributed by atoms with E-state index in [4.69, 9.17) is 0 Å². The van der Waals surface area contributed by atoms with E-state index in [0.29, 0.717) is 5.69 Å². The Morgan fingerprint density at radius 2 is 2.00 bits per heavy atom. The molecule has 0 saturated heterocycles. The Hall–Kier alpha value is -1.84. The number of hydrogen-bond donors (Lipinski definition) is 1. The van der Waals surface area contributed by atoms with Crippen molar-refractivity contribution in [1.29, 1.82) is 0 Å². The summed E-state index contributed by atoms with van der Waals surface area (Å²) in [5, 5.41) is 2.97. The van der Waals surface area contributed by atoms with E-state index in [1.807, 2.05) is 6.92 Å². The third-order valence-corrected chi connectivity index (χ3v) is 4.40. The van der Waals surface area contributed by atoms with Gasteiger partial charge in [-0.3, -0.25) is 9.59 Å². The quantitative estimate of drug-likeness (QED) is 0.870. The summed E-state index contributed by atoms with van der Waals surface area (Å²) >= 11 is 0. The molecule has 1 N–H and O–H groups in total. The number of anilines is 1. The van der Waals surface area contributed by atoms with E-state index in [-0.39, 0.29) is 28.7 Å². The standard InChI is InChI=1S/C17H24N2O2/c1-10(2)7-12-15(17(12,4)5)16(21)18-13-9-19(6)14(20)8-11(13)3/h7-9,12,15H,1-6H3,(H,18,21). The fraction of sp³-hybridized carbons (Fsp3) is 0.529. The first-order valence-corrected chi connectivity index (χ1v) is 7.27. The molecule has 1 aliphatic rings. The van der Waals surface area contributed by atoms with E-state index in [2.05, 4.69) is 39.1 Å². The van der Waals surface area contributed by atoms with Gasteiger partial charge in [0.25, 0.3) is 5.56 Å². The Kier molecular flexibility index (Phi) is 3.83. The van der Waals surface area contributed by atoms with Gasteiger partial charge >= 0.3 is 0 Å². The Morgan fingerprint density at radius 3 is 2.57 bits per heavy atom. The van der Waals surface area contributed by atoms with Gasteiger partial charge < -0.3 is 9.88 Å². The molecular weight excluding hydrogens is 264 g/mol. The molecule has 4 nitrogen and oxygen atoms in total. The fourth-order valence-electron chi connectivity index (χ4n) is 2.91. The Bertz CT molecular complexity index is 664. The van der Waals surface area contributed by atoms with Crippen molar-refractivity contribution in [2.75, 3.05) is 5.32 Å². The molecule has 0 spiro atoms. The van der Waals surface area contributed by atoms with E-state index in [1.54, 1.807) is 19.3 Å². The van der Waals surface area contributed by atoms with Crippen molar-refractivity contribution in [2.24, 2.45) is 24.3 Å². The average molecular weight is 288 g/mol. The lowest BCUT2D eigenvalue weighted by atomic mass is 10.1. The van der Waals surface area contributed by atoms with Crippen LogP contribution in [0, 0.1) is 24.2 Å². The third-order valence-electron chi connectivity index (χ3n) is 4.40. The zero-order valence-electron chi connectivity index (χ0n) is 13.7. The minimum Gasteiger partial charge on any atom is -0.324 e. The van der Waals surface area contributed by atoms with Crippen LogP contribution in [0.1, 0.15) is 33.3 Å². The molecule has 2 rings (SSSR count). The number of nitrogens with one attached hydrogen (secondary N) is 1. The Morgan fingerprint density at radius 1 is 1.38 bits per heavy atom. The van der Waals surface area contributed by atoms with Crippen molar-refractivity contribution < 1.29 is 4.79 Å². The smallest absolute Gasteiger partial charge is 0.250 e. The maximum atomic E-state index is 12.5. The number of aromatic nitrogens is 1. The molecule has 1 aromatic rings. The molecular formula is C17H24N2O2. The predicted octanol–water partition coefficient (Wildman–Crippen LogP) is 2.87. The number of carbonyl (C=O) groups is 1. The molecule has 0 radical (unpaired) electrons. The SMILES string of the molecule is CC(C)=CC1C(C(=O)Nc2cn(C)c(=O)cc2C)C1(C)C. The van der Waals surface area contributed by atoms with Crippen LogP contribution in [0.5, 0.6) is 0 Å². The van der Waals surface area contributed by atoms with E-state index < -0.39 is 0 Å². The number of hydrogen-bond acceptors (Lipinski definition) is 2. The molecule has 1 amide bonds. The van der Waals surface area contributed by atoms with Gasteiger partial charge in [0.2, 0.25) is 5.91 Å². The van der Waals surface area contributed by atoms with Crippen LogP contribution in [0.25, 0.3) is 0 Å². The molecule has 0 aliphatic heterocycles. The number of pyridine rings is 1. The van der Waals surface area contributed by atoms with E-state index in [9.17, 15) is 9.59 Å². The highest BCUT2D eigenvalue weighted by molar-refractivity contribution is 5.96. The van der Waals surface area contributed by atoms with Gasteiger partial charge in [0.15, 0.2) is 0 Å². The number of nitrogens with zero attached hydrogens (tertiary/aromatic N) is 1. The Labute approximate surface area is 125 Å². The van der Waals surface area contributed by atoms with Crippen LogP contribution in [0.3, 0.4) is 0 Å². The molecule has 114 valence electrons. The summed E-state index contributed by atoms with van der Waals surface area (Å²) in [6.45, 7) is 10.2. The number of allylic oxidation sites excluding steroid dienone is 2. The molecule has 21 heavy (non-hydrogen) atoms. The highest BCUT2D eigenvalue weighted by atomic mass is 16.2. The van der Waals surface area contributed by atoms with Crippen LogP contribution >= 0.6 is 0 Å². The summed E-state index contributed by atoms with van der Waals surface area (Å²) < 4.78 is 1.48. The molecule has 1 heterocycles. The van der Waals surface area contributed by atoms with E-state index in [1.165, 1.54) is 10.1 Å². The second-order valence-corrected chi connectivity index (χ2v) is 6.88. The molecule has 1 saturated carbocycles. The zero-order valence-corrected chi connectivity index (χ0v) is 13.7. The minimum absolute atomic E-state index is 0.00405. The van der Waals surface area contributed by atoms with Crippen molar-refractivity contribution in [3.63, 3.8) is 0 Å². The number of carbonyl (C=O) groups excluding carboxylic acids is 1. The summed E-state index contributed by atoms with van der Waals surface area (Å²) in [7, 11) is 1.68. The van der Waals surface area contributed by atoms with Crippen molar-refractivity contribution in [2.45, 2.75) is 34.6 Å². The monoisotopic (exact) mass is 288 g/mol. The topological polar surface area (TPSA) is 51.1 Å². The average Bonchev–Trinajstić information content (AvgIpc) is 2.86. The Balaban J connectivity index is 2.19. The maximum absolute atomic E-state index is 12.5. The first kappa shape index (κ1) is 15.5. The lowest BCUT2D eigenvalue weighted by molar-refractivity contribution is -0.118. The van der Waals surface area contributed by atoms with Gasteiger partial charge in [-0.2, -0.15) is 0 Å². The number of aryl methyl sites for hydroxylation is 2. The van der Waals surface area contributed by atoms with E-state index >= 15 is 0 Å². The van der Waals surface area contributed by atoms with Gasteiger partial charge in [0.05, 0.1) is 11.6 Å². The van der Waals surface area contributed by atoms with Crippen LogP contribution in [0.15, 0.2) is 28.7 Å². The largest absolute Gasteiger partial charge is 0.324 e. The normalized spacial score (nSPS) is 22.6. The molecule has 1 fully saturated rings. The van der Waals surface area contributed by atoms with Crippen LogP contribution in [-0.4, -0.2) is 10.5 Å². The van der Waals surface area contributed by atoms with Crippen LogP contribution in [0.4, 0.5) is 5.69 Å². The summed E-state index contributed by atoms with van der Waals surface area (Å²) in [6.07, 6.45) is 3.86. The van der Waals surface area contributed by atoms with E-state index in [0.717, 1.165) is 5.56 Å². The van der Waals surface area contributed by atoms with Crippen molar-refractivity contribution in [1.82, 2.24) is 4.57 Å². The first-order chi connectivity index (χ1) is 9.64. The highest BCUT2D eigenvalue weighted by Gasteiger charge is 2.60. The zero-order chi connectivity index (χ0) is 15.9. The second kappa shape index (κ2) is 5.17. The molecule has 1 aromatic heterocycles. The van der Waals surface area contributed by atoms with Gasteiger partial charge in [-0.05, 0) is 37.7 Å². The van der Waals surface area contributed by atoms with Crippen molar-refractivity contribution >= 4 is 11.6 Å². The van der Waals surface area contributed by atoms with Gasteiger partial charge in [-0.25, -0.2) is 0 Å². The molecule has 0 bridgehead atoms. The highest BCUT2D eigenvalue weighted by Crippen LogP contribution is 2.59. The summed E-state index contributed by atoms with van der Waals surface area (Å²) in [5.74, 6) is 0.309. The molecule has 2 atom stereocenters. The fourth-order valence-corrected chi connectivity index (χ4v) is 2.91. The van der Waals surface area contributed by atoms with Crippen LogP contribution in [-0.2, 0) is 11.8 Å². The lowest BCUT2D eigenvalue weighted by Crippen LogP contribution is -2.21. The summed E-state index contributed by atoms with van der Waals surface area (Å²) in [5.41, 5.74) is 2.67. The maximum Gasteiger partial charge on any atom is 0.250 e. The lowest BCUT2D eigenvalue weighted by Gasteiger charge is -2.10. The van der Waals surface area contributed by atoms with Gasteiger partial charge in [0.1, 0.15) is 0 Å². The van der Waals surface area contributed by atoms with Crippen LogP contribution in [0.2, 0.25) is 0 Å².